The van der Waals surface area contributed by atoms with E-state index in [1.54, 1.807) is 7.11 Å². The van der Waals surface area contributed by atoms with Gasteiger partial charge in [-0.25, -0.2) is 9.97 Å². The highest BCUT2D eigenvalue weighted by Crippen LogP contribution is 2.44. The molecule has 0 aliphatic carbocycles. The molecule has 1 N–H and O–H groups in total. The number of Topliss-reactive ketones (excluding diaryl/α,β-unsaturated/α-hetero) is 1. The number of benzene rings is 1. The first kappa shape index (κ1) is 20.9. The Morgan fingerprint density at radius 3 is 2.81 bits per heavy atom. The van der Waals surface area contributed by atoms with E-state index < -0.39 is 5.60 Å². The molecule has 5 heterocycles. The number of hydrogen-bond acceptors (Lipinski definition) is 8. The maximum atomic E-state index is 13.0. The van der Waals surface area contributed by atoms with Crippen LogP contribution in [0.3, 0.4) is 0 Å². The average molecular weight is 456 g/mol. The number of rotatable bonds is 6. The van der Waals surface area contributed by atoms with Crippen molar-refractivity contribution in [1.82, 2.24) is 14.9 Å². The first-order chi connectivity index (χ1) is 15.0. The van der Waals surface area contributed by atoms with Gasteiger partial charge in [0.2, 0.25) is 0 Å². The number of nitrogens with zero attached hydrogens (tertiary/aromatic N) is 3. The van der Waals surface area contributed by atoms with Gasteiger partial charge in [-0.3, -0.25) is 4.79 Å². The molecule has 3 saturated heterocycles. The second-order valence-corrected chi connectivity index (χ2v) is 10.4. The maximum absolute atomic E-state index is 13.0. The second kappa shape index (κ2) is 8.16. The molecule has 3 fully saturated rings. The van der Waals surface area contributed by atoms with Crippen molar-refractivity contribution in [3.63, 3.8) is 0 Å². The number of ether oxygens (including phenoxy) is 1. The lowest BCUT2D eigenvalue weighted by molar-refractivity contribution is -0.115. The molecular weight excluding hydrogens is 430 g/mol. The molecule has 2 bridgehead atoms. The van der Waals surface area contributed by atoms with Crippen LogP contribution in [0.1, 0.15) is 33.2 Å². The summed E-state index contributed by atoms with van der Waals surface area (Å²) in [5.41, 5.74) is 0.0230. The number of aliphatic hydroxyl groups is 1. The Balaban J connectivity index is 1.34. The van der Waals surface area contributed by atoms with Crippen molar-refractivity contribution in [2.45, 2.75) is 30.4 Å². The Labute approximate surface area is 189 Å². The third-order valence-electron chi connectivity index (χ3n) is 6.35. The van der Waals surface area contributed by atoms with Gasteiger partial charge in [-0.1, -0.05) is 11.8 Å². The smallest absolute Gasteiger partial charge is 0.183 e. The molecule has 162 valence electrons. The van der Waals surface area contributed by atoms with Crippen LogP contribution in [-0.4, -0.2) is 58.3 Å². The maximum Gasteiger partial charge on any atom is 0.183 e. The van der Waals surface area contributed by atoms with Crippen LogP contribution in [0.5, 0.6) is 5.75 Å². The van der Waals surface area contributed by atoms with E-state index in [0.29, 0.717) is 23.2 Å². The fourth-order valence-electron chi connectivity index (χ4n) is 4.67. The molecular formula is C23H25N3O3S2. The fourth-order valence-corrected chi connectivity index (χ4v) is 6.80. The second-order valence-electron chi connectivity index (χ2n) is 8.31. The Bertz CT molecular complexity index is 1140. The van der Waals surface area contributed by atoms with Crippen LogP contribution in [0.15, 0.2) is 35.4 Å². The summed E-state index contributed by atoms with van der Waals surface area (Å²) < 4.78 is 5.34. The molecule has 0 spiro atoms. The van der Waals surface area contributed by atoms with E-state index in [2.05, 4.69) is 14.9 Å². The SMILES string of the molecule is COc1ccc2nc(C)nc(SCC(=O)c3ccc(C4(O)CN5CCC4CC5)s3)c2c1. The molecule has 2 aromatic heterocycles. The third-order valence-corrected chi connectivity index (χ3v) is 8.64. The van der Waals surface area contributed by atoms with E-state index in [1.807, 2.05) is 37.3 Å². The summed E-state index contributed by atoms with van der Waals surface area (Å²) in [7, 11) is 1.63. The topological polar surface area (TPSA) is 75.5 Å². The Morgan fingerprint density at radius 2 is 2.10 bits per heavy atom. The quantitative estimate of drug-likeness (QED) is 0.343. The van der Waals surface area contributed by atoms with Gasteiger partial charge in [-0.15, -0.1) is 11.3 Å². The van der Waals surface area contributed by atoms with E-state index in [9.17, 15) is 9.90 Å². The summed E-state index contributed by atoms with van der Waals surface area (Å²) in [6.07, 6.45) is 2.05. The molecule has 0 radical (unpaired) electrons. The van der Waals surface area contributed by atoms with Crippen molar-refractivity contribution in [2.24, 2.45) is 5.92 Å². The van der Waals surface area contributed by atoms with Gasteiger partial charge in [0.05, 0.1) is 23.3 Å². The van der Waals surface area contributed by atoms with E-state index >= 15 is 0 Å². The zero-order valence-electron chi connectivity index (χ0n) is 17.6. The van der Waals surface area contributed by atoms with E-state index in [-0.39, 0.29) is 11.5 Å². The Morgan fingerprint density at radius 1 is 1.29 bits per heavy atom. The number of methoxy groups -OCH3 is 1. The van der Waals surface area contributed by atoms with Crippen molar-refractivity contribution in [3.05, 3.63) is 45.9 Å². The molecule has 8 heteroatoms. The normalized spacial score (nSPS) is 25.1. The fraction of sp³-hybridized carbons (Fsp3) is 0.435. The van der Waals surface area contributed by atoms with Crippen LogP contribution in [0.2, 0.25) is 0 Å². The molecule has 1 unspecified atom stereocenters. The number of ketones is 1. The highest BCUT2D eigenvalue weighted by Gasteiger charge is 2.47. The predicted molar refractivity (Wildman–Crippen MR) is 123 cm³/mol. The van der Waals surface area contributed by atoms with Crippen molar-refractivity contribution in [2.75, 3.05) is 32.5 Å². The molecule has 6 rings (SSSR count). The van der Waals surface area contributed by atoms with Crippen molar-refractivity contribution < 1.29 is 14.6 Å². The molecule has 0 saturated carbocycles. The summed E-state index contributed by atoms with van der Waals surface area (Å²) in [6.45, 7) is 4.67. The lowest BCUT2D eigenvalue weighted by atomic mass is 9.74. The first-order valence-corrected chi connectivity index (χ1v) is 12.3. The van der Waals surface area contributed by atoms with Crippen molar-refractivity contribution in [1.29, 1.82) is 0 Å². The molecule has 3 aromatic rings. The lowest BCUT2D eigenvalue weighted by Gasteiger charge is -2.50. The van der Waals surface area contributed by atoms with Crippen LogP contribution in [0, 0.1) is 12.8 Å². The van der Waals surface area contributed by atoms with Crippen molar-refractivity contribution >= 4 is 39.8 Å². The molecule has 31 heavy (non-hydrogen) atoms. The average Bonchev–Trinajstić information content (AvgIpc) is 3.29. The van der Waals surface area contributed by atoms with E-state index in [4.69, 9.17) is 4.74 Å². The predicted octanol–water partition coefficient (Wildman–Crippen LogP) is 3.90. The number of piperidine rings is 3. The van der Waals surface area contributed by atoms with Gasteiger partial charge in [0.15, 0.2) is 5.78 Å². The minimum absolute atomic E-state index is 0.0541. The molecule has 1 atom stereocenters. The van der Waals surface area contributed by atoms with Gasteiger partial charge in [-0.2, -0.15) is 0 Å². The summed E-state index contributed by atoms with van der Waals surface area (Å²) in [5.74, 6) is 2.05. The Hall–Kier alpha value is -2.00. The van der Waals surface area contributed by atoms with Gasteiger partial charge in [0.25, 0.3) is 0 Å². The van der Waals surface area contributed by atoms with Gasteiger partial charge in [0.1, 0.15) is 22.2 Å². The first-order valence-electron chi connectivity index (χ1n) is 10.5. The zero-order chi connectivity index (χ0) is 21.6. The van der Waals surface area contributed by atoms with E-state index in [1.165, 1.54) is 23.1 Å². The number of aryl methyl sites for hydroxylation is 1. The van der Waals surface area contributed by atoms with Crippen LogP contribution in [0.25, 0.3) is 10.9 Å². The summed E-state index contributed by atoms with van der Waals surface area (Å²) >= 11 is 2.86. The minimum Gasteiger partial charge on any atom is -0.497 e. The lowest BCUT2D eigenvalue weighted by Crippen LogP contribution is -2.56. The van der Waals surface area contributed by atoms with Gasteiger partial charge < -0.3 is 14.7 Å². The number of carbonyl (C=O) groups is 1. The molecule has 0 amide bonds. The highest BCUT2D eigenvalue weighted by molar-refractivity contribution is 8.00. The third kappa shape index (κ3) is 3.86. The molecule has 6 nitrogen and oxygen atoms in total. The van der Waals surface area contributed by atoms with Gasteiger partial charge in [-0.05, 0) is 69.1 Å². The Kier molecular flexibility index (Phi) is 5.50. The van der Waals surface area contributed by atoms with Crippen LogP contribution in [-0.2, 0) is 5.60 Å². The van der Waals surface area contributed by atoms with Crippen LogP contribution in [0.4, 0.5) is 0 Å². The number of hydrogen-bond donors (Lipinski definition) is 1. The molecule has 1 aromatic carbocycles. The van der Waals surface area contributed by atoms with Crippen molar-refractivity contribution in [3.8, 4) is 5.75 Å². The zero-order valence-corrected chi connectivity index (χ0v) is 19.3. The minimum atomic E-state index is -0.816. The van der Waals surface area contributed by atoms with Gasteiger partial charge in [0, 0.05) is 16.8 Å². The van der Waals surface area contributed by atoms with Crippen LogP contribution >= 0.6 is 23.1 Å². The standard InChI is InChI=1S/C23H25N3O3S2/c1-14-24-18-4-3-16(29-2)11-17(18)22(25-14)30-12-19(27)20-5-6-21(31-20)23(28)13-26-9-7-15(23)8-10-26/h3-6,11,15,28H,7-10,12-13H2,1-2H3. The summed E-state index contributed by atoms with van der Waals surface area (Å²) in [4.78, 5) is 25.9. The van der Waals surface area contributed by atoms with E-state index in [0.717, 1.165) is 52.5 Å². The number of aromatic nitrogens is 2. The monoisotopic (exact) mass is 455 g/mol. The largest absolute Gasteiger partial charge is 0.497 e. The number of thiophene rings is 1. The molecule has 3 aliphatic rings. The summed E-state index contributed by atoms with van der Waals surface area (Å²) in [6, 6.07) is 9.51. The number of carbonyl (C=O) groups excluding carboxylic acids is 1. The van der Waals surface area contributed by atoms with Gasteiger partial charge >= 0.3 is 0 Å². The molecule has 3 aliphatic heterocycles. The highest BCUT2D eigenvalue weighted by atomic mass is 32.2. The number of fused-ring (bicyclic) bond motifs is 4. The summed E-state index contributed by atoms with van der Waals surface area (Å²) in [5, 5.41) is 13.0. The number of thioether (sulfide) groups is 1. The van der Waals surface area contributed by atoms with Crippen LogP contribution < -0.4 is 4.74 Å².